The molecule has 0 bridgehead atoms. The summed E-state index contributed by atoms with van der Waals surface area (Å²) in [5, 5.41) is 11.5. The summed E-state index contributed by atoms with van der Waals surface area (Å²) in [6, 6.07) is 11.0. The monoisotopic (exact) mass is 467 g/mol. The first-order chi connectivity index (χ1) is 16.4. The van der Waals surface area contributed by atoms with Crippen LogP contribution in [0.3, 0.4) is 0 Å². The lowest BCUT2D eigenvalue weighted by atomic mass is 9.94. The summed E-state index contributed by atoms with van der Waals surface area (Å²) in [4.78, 5) is 28.0. The molecule has 34 heavy (non-hydrogen) atoms. The van der Waals surface area contributed by atoms with Crippen molar-refractivity contribution in [3.63, 3.8) is 0 Å². The number of hydrogen-bond acceptors (Lipinski definition) is 8. The van der Waals surface area contributed by atoms with Crippen molar-refractivity contribution in [1.29, 1.82) is 0 Å². The largest absolute Gasteiger partial charge is 0.503 e. The first kappa shape index (κ1) is 23.2. The van der Waals surface area contributed by atoms with Crippen molar-refractivity contribution in [1.82, 2.24) is 4.90 Å². The number of hydrogen-bond donors (Lipinski definition) is 1. The fraction of sp³-hybridized carbons (Fsp3) is 0.280. The van der Waals surface area contributed by atoms with Crippen LogP contribution in [0.25, 0.3) is 11.0 Å². The Morgan fingerprint density at radius 3 is 2.41 bits per heavy atom. The molecule has 1 N–H and O–H groups in total. The van der Waals surface area contributed by atoms with Crippen molar-refractivity contribution in [2.75, 3.05) is 41.6 Å². The number of Topliss-reactive ketones (excluding diaryl/α,β-unsaturated/α-hetero) is 1. The number of furan rings is 1. The van der Waals surface area contributed by atoms with Gasteiger partial charge in [0.1, 0.15) is 0 Å². The third-order valence-electron chi connectivity index (χ3n) is 5.76. The molecule has 0 radical (unpaired) electrons. The van der Waals surface area contributed by atoms with Crippen molar-refractivity contribution in [3.8, 4) is 17.2 Å². The predicted octanol–water partition coefficient (Wildman–Crippen LogP) is 3.68. The van der Waals surface area contributed by atoms with Gasteiger partial charge in [0.2, 0.25) is 5.78 Å². The first-order valence-electron chi connectivity index (χ1n) is 10.5. The number of methoxy groups -OCH3 is 4. The lowest BCUT2D eigenvalue weighted by molar-refractivity contribution is -0.130. The van der Waals surface area contributed by atoms with E-state index in [-0.39, 0.29) is 24.5 Å². The van der Waals surface area contributed by atoms with Crippen LogP contribution < -0.4 is 14.2 Å². The minimum atomic E-state index is -0.884. The molecule has 2 heterocycles. The molecule has 1 aliphatic rings. The van der Waals surface area contributed by atoms with E-state index >= 15 is 0 Å². The van der Waals surface area contributed by atoms with E-state index in [0.717, 1.165) is 0 Å². The number of nitrogens with zero attached hydrogens (tertiary/aromatic N) is 1. The minimum Gasteiger partial charge on any atom is -0.503 e. The number of carbonyl (C=O) groups excluding carboxylic acids is 2. The van der Waals surface area contributed by atoms with Gasteiger partial charge in [-0.2, -0.15) is 0 Å². The zero-order valence-electron chi connectivity index (χ0n) is 19.3. The third-order valence-corrected chi connectivity index (χ3v) is 5.76. The number of ketones is 1. The third kappa shape index (κ3) is 3.84. The molecular weight excluding hydrogens is 442 g/mol. The molecule has 0 spiro atoms. The van der Waals surface area contributed by atoms with Gasteiger partial charge in [0.25, 0.3) is 5.91 Å². The molecule has 1 amide bonds. The van der Waals surface area contributed by atoms with Crippen molar-refractivity contribution < 1.29 is 38.1 Å². The lowest BCUT2D eigenvalue weighted by Crippen LogP contribution is -2.34. The maximum atomic E-state index is 13.6. The van der Waals surface area contributed by atoms with Gasteiger partial charge in [-0.3, -0.25) is 9.59 Å². The normalized spacial score (nSPS) is 15.8. The Kier molecular flexibility index (Phi) is 6.47. The molecule has 178 valence electrons. The number of benzene rings is 2. The van der Waals surface area contributed by atoms with Crippen LogP contribution in [0.4, 0.5) is 0 Å². The van der Waals surface area contributed by atoms with E-state index in [4.69, 9.17) is 23.4 Å². The molecule has 0 fully saturated rings. The van der Waals surface area contributed by atoms with E-state index in [9.17, 15) is 14.7 Å². The van der Waals surface area contributed by atoms with Gasteiger partial charge in [0.15, 0.2) is 34.4 Å². The van der Waals surface area contributed by atoms with Crippen molar-refractivity contribution >= 4 is 22.7 Å². The van der Waals surface area contributed by atoms with Gasteiger partial charge in [-0.25, -0.2) is 0 Å². The quantitative estimate of drug-likeness (QED) is 0.475. The Bertz CT molecular complexity index is 1280. The number of amides is 1. The average molecular weight is 467 g/mol. The molecule has 1 aliphatic heterocycles. The molecule has 0 saturated carbocycles. The Morgan fingerprint density at radius 2 is 1.74 bits per heavy atom. The standard InChI is InChI=1S/C25H25NO8/c1-30-11-10-26-21(14-8-9-16(31-2)18(12-14)33-4)20(23(28)25(26)29)22(27)19-13-15-6-5-7-17(32-3)24(15)34-19/h5-9,12-13,21,28H,10-11H2,1-4H3. The summed E-state index contributed by atoms with van der Waals surface area (Å²) in [7, 11) is 6.01. The van der Waals surface area contributed by atoms with Crippen LogP contribution in [-0.2, 0) is 9.53 Å². The zero-order chi connectivity index (χ0) is 24.4. The van der Waals surface area contributed by atoms with Crippen LogP contribution in [0, 0.1) is 0 Å². The van der Waals surface area contributed by atoms with E-state index in [1.807, 2.05) is 0 Å². The Labute approximate surface area is 196 Å². The summed E-state index contributed by atoms with van der Waals surface area (Å²) in [6.07, 6.45) is 0. The summed E-state index contributed by atoms with van der Waals surface area (Å²) >= 11 is 0. The first-order valence-corrected chi connectivity index (χ1v) is 10.5. The number of para-hydroxylation sites is 1. The van der Waals surface area contributed by atoms with Crippen molar-refractivity contribution in [2.45, 2.75) is 6.04 Å². The molecule has 0 aliphatic carbocycles. The molecule has 1 aromatic heterocycles. The molecule has 0 saturated heterocycles. The zero-order valence-corrected chi connectivity index (χ0v) is 19.3. The predicted molar refractivity (Wildman–Crippen MR) is 123 cm³/mol. The highest BCUT2D eigenvalue weighted by atomic mass is 16.5. The van der Waals surface area contributed by atoms with Crippen LogP contribution in [0.5, 0.6) is 17.2 Å². The summed E-state index contributed by atoms with van der Waals surface area (Å²) in [5.41, 5.74) is 0.867. The highest BCUT2D eigenvalue weighted by Crippen LogP contribution is 2.42. The average Bonchev–Trinajstić information content (AvgIpc) is 3.41. The summed E-state index contributed by atoms with van der Waals surface area (Å²) < 4.78 is 27.0. The van der Waals surface area contributed by atoms with Gasteiger partial charge in [0, 0.05) is 19.0 Å². The SMILES string of the molecule is COCCN1C(=O)C(O)=C(C(=O)c2cc3cccc(OC)c3o2)C1c1ccc(OC)c(OC)c1. The van der Waals surface area contributed by atoms with Gasteiger partial charge < -0.3 is 33.4 Å². The van der Waals surface area contributed by atoms with Crippen LogP contribution in [0.15, 0.2) is 58.2 Å². The van der Waals surface area contributed by atoms with Gasteiger partial charge in [0.05, 0.1) is 39.6 Å². The smallest absolute Gasteiger partial charge is 0.290 e. The molecule has 4 rings (SSSR count). The molecule has 2 aromatic carbocycles. The number of rotatable bonds is 9. The van der Waals surface area contributed by atoms with Gasteiger partial charge in [-0.05, 0) is 29.8 Å². The van der Waals surface area contributed by atoms with Crippen molar-refractivity contribution in [3.05, 3.63) is 65.1 Å². The van der Waals surface area contributed by atoms with Gasteiger partial charge in [-0.1, -0.05) is 18.2 Å². The second-order valence-corrected chi connectivity index (χ2v) is 7.59. The number of aliphatic hydroxyl groups excluding tert-OH is 1. The molecular formula is C25H25NO8. The summed E-state index contributed by atoms with van der Waals surface area (Å²) in [5.74, 6) is -0.551. The number of fused-ring (bicyclic) bond motifs is 1. The van der Waals surface area contributed by atoms with Crippen LogP contribution in [-0.4, -0.2) is 63.3 Å². The Hall–Kier alpha value is -3.98. The second kappa shape index (κ2) is 9.48. The highest BCUT2D eigenvalue weighted by Gasteiger charge is 2.44. The van der Waals surface area contributed by atoms with Crippen LogP contribution in [0.2, 0.25) is 0 Å². The fourth-order valence-electron chi connectivity index (χ4n) is 4.12. The molecule has 9 heteroatoms. The van der Waals surface area contributed by atoms with E-state index in [2.05, 4.69) is 0 Å². The number of ether oxygens (including phenoxy) is 4. The minimum absolute atomic E-state index is 0.0204. The Balaban J connectivity index is 1.83. The fourth-order valence-corrected chi connectivity index (χ4v) is 4.12. The molecule has 1 unspecified atom stereocenters. The van der Waals surface area contributed by atoms with Crippen LogP contribution >= 0.6 is 0 Å². The van der Waals surface area contributed by atoms with E-state index in [0.29, 0.717) is 33.8 Å². The maximum absolute atomic E-state index is 13.6. The number of aliphatic hydroxyl groups is 1. The lowest BCUT2D eigenvalue weighted by Gasteiger charge is -2.27. The highest BCUT2D eigenvalue weighted by molar-refractivity contribution is 6.16. The maximum Gasteiger partial charge on any atom is 0.290 e. The second-order valence-electron chi connectivity index (χ2n) is 7.59. The topological polar surface area (TPSA) is 108 Å². The van der Waals surface area contributed by atoms with E-state index in [1.54, 1.807) is 42.5 Å². The van der Waals surface area contributed by atoms with E-state index < -0.39 is 23.5 Å². The van der Waals surface area contributed by atoms with E-state index in [1.165, 1.54) is 33.3 Å². The van der Waals surface area contributed by atoms with Gasteiger partial charge in [-0.15, -0.1) is 0 Å². The van der Waals surface area contributed by atoms with Crippen molar-refractivity contribution in [2.24, 2.45) is 0 Å². The summed E-state index contributed by atoms with van der Waals surface area (Å²) in [6.45, 7) is 0.370. The van der Waals surface area contributed by atoms with Crippen LogP contribution in [0.1, 0.15) is 22.2 Å². The molecule has 9 nitrogen and oxygen atoms in total. The Morgan fingerprint density at radius 1 is 1.00 bits per heavy atom. The molecule has 3 aromatic rings. The molecule has 1 atom stereocenters. The number of carbonyl (C=O) groups is 2. The van der Waals surface area contributed by atoms with Gasteiger partial charge >= 0.3 is 0 Å².